The van der Waals surface area contributed by atoms with Gasteiger partial charge >= 0.3 is 0 Å². The molecule has 1 aliphatic rings. The molecule has 1 aliphatic heterocycles. The summed E-state index contributed by atoms with van der Waals surface area (Å²) in [4.78, 5) is 14.8. The normalized spacial score (nSPS) is 13.7. The lowest BCUT2D eigenvalue weighted by Gasteiger charge is -2.31. The number of aryl methyl sites for hydroxylation is 1. The van der Waals surface area contributed by atoms with Crippen molar-refractivity contribution in [2.45, 2.75) is 39.8 Å². The van der Waals surface area contributed by atoms with E-state index in [4.69, 9.17) is 0 Å². The van der Waals surface area contributed by atoms with E-state index in [0.717, 1.165) is 31.6 Å². The Morgan fingerprint density at radius 2 is 1.96 bits per heavy atom. The number of nitriles is 1. The van der Waals surface area contributed by atoms with Gasteiger partial charge in [0.15, 0.2) is 0 Å². The molecule has 124 valence electrons. The minimum absolute atomic E-state index is 0.172. The van der Waals surface area contributed by atoms with E-state index in [1.54, 1.807) is 4.57 Å². The highest BCUT2D eigenvalue weighted by Crippen LogP contribution is 2.25. The third-order valence-corrected chi connectivity index (χ3v) is 4.67. The molecule has 0 unspecified atom stereocenters. The summed E-state index contributed by atoms with van der Waals surface area (Å²) < 4.78 is 1.67. The van der Waals surface area contributed by atoms with Crippen LogP contribution in [-0.4, -0.2) is 11.1 Å². The van der Waals surface area contributed by atoms with E-state index < -0.39 is 0 Å². The van der Waals surface area contributed by atoms with Crippen LogP contribution >= 0.6 is 0 Å². The quantitative estimate of drug-likeness (QED) is 0.868. The molecule has 0 spiro atoms. The first-order valence-corrected chi connectivity index (χ1v) is 8.55. The van der Waals surface area contributed by atoms with E-state index in [9.17, 15) is 10.1 Å². The molecular formula is C20H23N3O. The second kappa shape index (κ2) is 6.92. The van der Waals surface area contributed by atoms with Crippen molar-refractivity contribution >= 4 is 5.69 Å². The lowest BCUT2D eigenvalue weighted by atomic mass is 9.99. The van der Waals surface area contributed by atoms with Crippen LogP contribution in [0.1, 0.15) is 37.0 Å². The zero-order valence-electron chi connectivity index (χ0n) is 14.3. The van der Waals surface area contributed by atoms with E-state index in [1.807, 2.05) is 18.3 Å². The summed E-state index contributed by atoms with van der Waals surface area (Å²) >= 11 is 0. The number of hydrogen-bond donors (Lipinski definition) is 0. The summed E-state index contributed by atoms with van der Waals surface area (Å²) in [7, 11) is 0. The van der Waals surface area contributed by atoms with Crippen molar-refractivity contribution in [1.29, 1.82) is 5.26 Å². The fraction of sp³-hybridized carbons (Fsp3) is 0.400. The van der Waals surface area contributed by atoms with Gasteiger partial charge in [0.2, 0.25) is 0 Å². The van der Waals surface area contributed by atoms with E-state index >= 15 is 0 Å². The number of pyridine rings is 1. The SMILES string of the molecule is CC(C)CCn1ccc(N2CCc3ccccc3C2)c(C#N)c1=O. The minimum atomic E-state index is -0.172. The van der Waals surface area contributed by atoms with Gasteiger partial charge in [-0.3, -0.25) is 4.79 Å². The molecule has 0 bridgehead atoms. The largest absolute Gasteiger partial charge is 0.366 e. The molecule has 4 heteroatoms. The summed E-state index contributed by atoms with van der Waals surface area (Å²) in [5.74, 6) is 0.528. The Morgan fingerprint density at radius 3 is 2.67 bits per heavy atom. The van der Waals surface area contributed by atoms with Crippen LogP contribution in [0.5, 0.6) is 0 Å². The Kier molecular flexibility index (Phi) is 4.71. The Bertz CT molecular complexity index is 830. The van der Waals surface area contributed by atoms with Crippen LogP contribution < -0.4 is 10.5 Å². The molecule has 0 radical (unpaired) electrons. The third-order valence-electron chi connectivity index (χ3n) is 4.67. The molecule has 3 rings (SSSR count). The second-order valence-corrected chi connectivity index (χ2v) is 6.81. The first-order chi connectivity index (χ1) is 11.6. The second-order valence-electron chi connectivity index (χ2n) is 6.81. The van der Waals surface area contributed by atoms with Crippen LogP contribution in [0.15, 0.2) is 41.3 Å². The van der Waals surface area contributed by atoms with E-state index in [1.165, 1.54) is 11.1 Å². The first kappa shape index (κ1) is 16.3. The number of aromatic nitrogens is 1. The third kappa shape index (κ3) is 3.21. The smallest absolute Gasteiger partial charge is 0.270 e. The van der Waals surface area contributed by atoms with Crippen molar-refractivity contribution in [2.75, 3.05) is 11.4 Å². The van der Waals surface area contributed by atoms with Crippen LogP contribution in [0, 0.1) is 17.2 Å². The highest BCUT2D eigenvalue weighted by molar-refractivity contribution is 5.59. The molecule has 1 aromatic heterocycles. The first-order valence-electron chi connectivity index (χ1n) is 8.55. The van der Waals surface area contributed by atoms with Crippen molar-refractivity contribution < 1.29 is 0 Å². The average molecular weight is 321 g/mol. The number of anilines is 1. The lowest BCUT2D eigenvalue weighted by Crippen LogP contribution is -2.33. The van der Waals surface area contributed by atoms with E-state index in [0.29, 0.717) is 12.5 Å². The molecule has 0 saturated carbocycles. The maximum absolute atomic E-state index is 12.6. The molecule has 0 fully saturated rings. The Morgan fingerprint density at radius 1 is 1.21 bits per heavy atom. The molecule has 2 aromatic rings. The molecule has 2 heterocycles. The molecule has 0 saturated heterocycles. The van der Waals surface area contributed by atoms with Crippen LogP contribution in [0.25, 0.3) is 0 Å². The summed E-state index contributed by atoms with van der Waals surface area (Å²) in [5.41, 5.74) is 3.49. The summed E-state index contributed by atoms with van der Waals surface area (Å²) in [6.45, 7) is 6.52. The summed E-state index contributed by atoms with van der Waals surface area (Å²) in [6.07, 6.45) is 3.71. The van der Waals surface area contributed by atoms with Gasteiger partial charge in [-0.2, -0.15) is 5.26 Å². The zero-order chi connectivity index (χ0) is 17.1. The highest BCUT2D eigenvalue weighted by atomic mass is 16.1. The lowest BCUT2D eigenvalue weighted by molar-refractivity contribution is 0.507. The van der Waals surface area contributed by atoms with Crippen LogP contribution in [0.4, 0.5) is 5.69 Å². The number of rotatable bonds is 4. The van der Waals surface area contributed by atoms with Gasteiger partial charge in [0.05, 0.1) is 5.69 Å². The van der Waals surface area contributed by atoms with Crippen molar-refractivity contribution in [3.05, 3.63) is 63.6 Å². The molecule has 24 heavy (non-hydrogen) atoms. The summed E-state index contributed by atoms with van der Waals surface area (Å²) in [5, 5.41) is 9.54. The zero-order valence-corrected chi connectivity index (χ0v) is 14.3. The maximum atomic E-state index is 12.6. The Hall–Kier alpha value is -2.54. The number of hydrogen-bond acceptors (Lipinski definition) is 3. The predicted octanol–water partition coefficient (Wildman–Crippen LogP) is 3.33. The fourth-order valence-corrected chi connectivity index (χ4v) is 3.21. The highest BCUT2D eigenvalue weighted by Gasteiger charge is 2.20. The topological polar surface area (TPSA) is 49.0 Å². The number of nitrogens with zero attached hydrogens (tertiary/aromatic N) is 3. The minimum Gasteiger partial charge on any atom is -0.366 e. The van der Waals surface area contributed by atoms with Crippen LogP contribution in [0.2, 0.25) is 0 Å². The maximum Gasteiger partial charge on any atom is 0.270 e. The van der Waals surface area contributed by atoms with Gasteiger partial charge in [-0.05, 0) is 36.0 Å². The number of fused-ring (bicyclic) bond motifs is 1. The van der Waals surface area contributed by atoms with Crippen molar-refractivity contribution in [2.24, 2.45) is 5.92 Å². The van der Waals surface area contributed by atoms with Gasteiger partial charge in [0.1, 0.15) is 11.6 Å². The molecule has 0 amide bonds. The van der Waals surface area contributed by atoms with Crippen molar-refractivity contribution in [3.8, 4) is 6.07 Å². The standard InChI is InChI=1S/C20H23N3O/c1-15(2)7-10-22-12-9-19(18(13-21)20(22)24)23-11-8-16-5-3-4-6-17(16)14-23/h3-6,9,12,15H,7-8,10-11,14H2,1-2H3. The van der Waals surface area contributed by atoms with Gasteiger partial charge in [0, 0.05) is 25.8 Å². The van der Waals surface area contributed by atoms with Crippen LogP contribution in [-0.2, 0) is 19.5 Å². The van der Waals surface area contributed by atoms with E-state index in [2.05, 4.69) is 43.0 Å². The monoisotopic (exact) mass is 321 g/mol. The molecule has 4 nitrogen and oxygen atoms in total. The molecule has 0 atom stereocenters. The molecular weight excluding hydrogens is 298 g/mol. The average Bonchev–Trinajstić information content (AvgIpc) is 2.59. The van der Waals surface area contributed by atoms with Crippen molar-refractivity contribution in [1.82, 2.24) is 4.57 Å². The predicted molar refractivity (Wildman–Crippen MR) is 96.1 cm³/mol. The van der Waals surface area contributed by atoms with E-state index in [-0.39, 0.29) is 11.1 Å². The Labute approximate surface area is 143 Å². The Balaban J connectivity index is 1.91. The molecule has 0 aliphatic carbocycles. The molecule has 0 N–H and O–H groups in total. The van der Waals surface area contributed by atoms with Crippen molar-refractivity contribution in [3.63, 3.8) is 0 Å². The van der Waals surface area contributed by atoms with Gasteiger partial charge in [0.25, 0.3) is 5.56 Å². The summed E-state index contributed by atoms with van der Waals surface area (Å²) in [6, 6.07) is 12.4. The fourth-order valence-electron chi connectivity index (χ4n) is 3.21. The van der Waals surface area contributed by atoms with Gasteiger partial charge in [-0.15, -0.1) is 0 Å². The van der Waals surface area contributed by atoms with Gasteiger partial charge < -0.3 is 9.47 Å². The van der Waals surface area contributed by atoms with Crippen LogP contribution in [0.3, 0.4) is 0 Å². The van der Waals surface area contributed by atoms with Gasteiger partial charge in [-0.1, -0.05) is 38.1 Å². The van der Waals surface area contributed by atoms with Gasteiger partial charge in [-0.25, -0.2) is 0 Å². The molecule has 1 aromatic carbocycles. The number of benzene rings is 1.